The number of nitrogens with zero attached hydrogens (tertiary/aromatic N) is 3. The van der Waals surface area contributed by atoms with E-state index in [0.29, 0.717) is 5.91 Å². The molecule has 4 nitrogen and oxygen atoms in total. The number of likely N-dealkylation sites (tertiary alicyclic amines) is 1. The van der Waals surface area contributed by atoms with Crippen molar-refractivity contribution in [1.82, 2.24) is 9.80 Å². The van der Waals surface area contributed by atoms with Gasteiger partial charge >= 0.3 is 0 Å². The topological polar surface area (TPSA) is 26.8 Å². The minimum Gasteiger partial charge on any atom is -0.368 e. The van der Waals surface area contributed by atoms with Crippen molar-refractivity contribution in [3.8, 4) is 0 Å². The predicted molar refractivity (Wildman–Crippen MR) is 122 cm³/mol. The van der Waals surface area contributed by atoms with Gasteiger partial charge in [-0.15, -0.1) is 11.3 Å². The standard InChI is InChI=1S/C24H33N3OS/c28-23-24(9-1-2-10-24)11-14-27(23)13-4-3-12-25-15-17-26(18-16-25)21-6-5-7-22-20(21)8-19-29-22/h5-8,19H,1-4,9-18H2. The molecule has 5 rings (SSSR count). The summed E-state index contributed by atoms with van der Waals surface area (Å²) in [7, 11) is 0. The van der Waals surface area contributed by atoms with Gasteiger partial charge in [-0.25, -0.2) is 0 Å². The van der Waals surface area contributed by atoms with Crippen LogP contribution in [0.4, 0.5) is 5.69 Å². The molecule has 29 heavy (non-hydrogen) atoms. The number of carbonyl (C=O) groups is 1. The summed E-state index contributed by atoms with van der Waals surface area (Å²) in [6.45, 7) is 7.67. The summed E-state index contributed by atoms with van der Waals surface area (Å²) in [5.41, 5.74) is 1.46. The molecule has 0 atom stereocenters. The van der Waals surface area contributed by atoms with E-state index in [9.17, 15) is 4.79 Å². The van der Waals surface area contributed by atoms with E-state index in [4.69, 9.17) is 0 Å². The Labute approximate surface area is 178 Å². The maximum atomic E-state index is 12.8. The van der Waals surface area contributed by atoms with Gasteiger partial charge in [-0.05, 0) is 62.2 Å². The number of amides is 1. The summed E-state index contributed by atoms with van der Waals surface area (Å²) >= 11 is 1.83. The first kappa shape index (κ1) is 19.4. The van der Waals surface area contributed by atoms with Crippen LogP contribution in [-0.4, -0.2) is 61.5 Å². The lowest BCUT2D eigenvalue weighted by atomic mass is 9.85. The van der Waals surface area contributed by atoms with Gasteiger partial charge in [-0.1, -0.05) is 18.9 Å². The molecule has 1 amide bonds. The molecule has 1 aromatic carbocycles. The molecule has 3 fully saturated rings. The SMILES string of the molecule is O=C1N(CCCCN2CCN(c3cccc4sccc34)CC2)CCC12CCCC2. The van der Waals surface area contributed by atoms with Crippen molar-refractivity contribution >= 4 is 33.0 Å². The van der Waals surface area contributed by atoms with Gasteiger partial charge in [0.25, 0.3) is 0 Å². The number of piperazine rings is 1. The van der Waals surface area contributed by atoms with Crippen LogP contribution in [0.5, 0.6) is 0 Å². The Morgan fingerprint density at radius 1 is 0.897 bits per heavy atom. The van der Waals surface area contributed by atoms with Gasteiger partial charge in [-0.2, -0.15) is 0 Å². The van der Waals surface area contributed by atoms with Gasteiger partial charge in [0.15, 0.2) is 0 Å². The third-order valence-electron chi connectivity index (χ3n) is 7.50. The quantitative estimate of drug-likeness (QED) is 0.650. The van der Waals surface area contributed by atoms with Crippen molar-refractivity contribution in [2.75, 3.05) is 50.7 Å². The van der Waals surface area contributed by atoms with E-state index in [1.54, 1.807) is 0 Å². The second-order valence-corrected chi connectivity index (χ2v) is 10.1. The second-order valence-electron chi connectivity index (χ2n) is 9.17. The van der Waals surface area contributed by atoms with E-state index in [-0.39, 0.29) is 5.41 Å². The van der Waals surface area contributed by atoms with E-state index in [0.717, 1.165) is 65.0 Å². The molecule has 0 unspecified atom stereocenters. The summed E-state index contributed by atoms with van der Waals surface area (Å²) in [5.74, 6) is 0.478. The van der Waals surface area contributed by atoms with Crippen LogP contribution in [0.3, 0.4) is 0 Å². The number of hydrogen-bond acceptors (Lipinski definition) is 4. The number of benzene rings is 1. The zero-order valence-corrected chi connectivity index (χ0v) is 18.3. The number of fused-ring (bicyclic) bond motifs is 1. The minimum absolute atomic E-state index is 0.0572. The molecule has 2 aromatic rings. The van der Waals surface area contributed by atoms with Crippen LogP contribution >= 0.6 is 11.3 Å². The predicted octanol–water partition coefficient (Wildman–Crippen LogP) is 4.60. The van der Waals surface area contributed by atoms with Crippen molar-refractivity contribution in [3.63, 3.8) is 0 Å². The highest BCUT2D eigenvalue weighted by atomic mass is 32.1. The molecule has 2 saturated heterocycles. The average molecular weight is 412 g/mol. The van der Waals surface area contributed by atoms with Crippen molar-refractivity contribution in [1.29, 1.82) is 0 Å². The third-order valence-corrected chi connectivity index (χ3v) is 8.38. The van der Waals surface area contributed by atoms with Crippen LogP contribution in [-0.2, 0) is 4.79 Å². The van der Waals surface area contributed by atoms with Crippen molar-refractivity contribution < 1.29 is 4.79 Å². The second kappa shape index (κ2) is 8.27. The maximum absolute atomic E-state index is 12.8. The van der Waals surface area contributed by atoms with E-state index >= 15 is 0 Å². The first-order valence-electron chi connectivity index (χ1n) is 11.5. The van der Waals surface area contributed by atoms with Crippen molar-refractivity contribution in [3.05, 3.63) is 29.6 Å². The lowest BCUT2D eigenvalue weighted by molar-refractivity contribution is -0.135. The van der Waals surface area contributed by atoms with E-state index in [1.165, 1.54) is 41.6 Å². The van der Waals surface area contributed by atoms with Crippen LogP contribution in [0, 0.1) is 5.41 Å². The number of thiophene rings is 1. The summed E-state index contributed by atoms with van der Waals surface area (Å²) in [6.07, 6.45) is 8.27. The van der Waals surface area contributed by atoms with Crippen LogP contribution in [0.25, 0.3) is 10.1 Å². The van der Waals surface area contributed by atoms with Crippen LogP contribution in [0.1, 0.15) is 44.9 Å². The first-order valence-corrected chi connectivity index (χ1v) is 12.4. The number of carbonyl (C=O) groups excluding carboxylic acids is 1. The Morgan fingerprint density at radius 3 is 2.52 bits per heavy atom. The molecule has 0 N–H and O–H groups in total. The van der Waals surface area contributed by atoms with Gasteiger partial charge in [0.05, 0.1) is 5.41 Å². The molecule has 0 radical (unpaired) electrons. The third kappa shape index (κ3) is 3.79. The highest BCUT2D eigenvalue weighted by Gasteiger charge is 2.47. The molecule has 1 spiro atoms. The fourth-order valence-corrected chi connectivity index (χ4v) is 6.53. The number of rotatable bonds is 6. The minimum atomic E-state index is 0.0572. The Kier molecular flexibility index (Phi) is 5.53. The molecule has 2 aliphatic heterocycles. The molecule has 1 saturated carbocycles. The Bertz CT molecular complexity index is 849. The molecule has 3 aliphatic rings. The van der Waals surface area contributed by atoms with Crippen molar-refractivity contribution in [2.45, 2.75) is 44.9 Å². The van der Waals surface area contributed by atoms with Crippen LogP contribution in [0.2, 0.25) is 0 Å². The molecule has 3 heterocycles. The summed E-state index contributed by atoms with van der Waals surface area (Å²) in [4.78, 5) is 20.1. The molecule has 1 aromatic heterocycles. The average Bonchev–Trinajstić information content (AvgIpc) is 3.49. The lowest BCUT2D eigenvalue weighted by Crippen LogP contribution is -2.46. The molecule has 0 bridgehead atoms. The largest absolute Gasteiger partial charge is 0.368 e. The zero-order valence-electron chi connectivity index (χ0n) is 17.4. The van der Waals surface area contributed by atoms with Gasteiger partial charge in [0, 0.05) is 55.0 Å². The molecular formula is C24H33N3OS. The van der Waals surface area contributed by atoms with E-state index < -0.39 is 0 Å². The van der Waals surface area contributed by atoms with Crippen LogP contribution in [0.15, 0.2) is 29.6 Å². The molecule has 1 aliphatic carbocycles. The molecule has 5 heteroatoms. The van der Waals surface area contributed by atoms with Crippen molar-refractivity contribution in [2.24, 2.45) is 5.41 Å². The number of anilines is 1. The van der Waals surface area contributed by atoms with Gasteiger partial charge in [-0.3, -0.25) is 9.69 Å². The van der Waals surface area contributed by atoms with Gasteiger partial charge < -0.3 is 9.80 Å². The van der Waals surface area contributed by atoms with E-state index in [2.05, 4.69) is 44.3 Å². The fraction of sp³-hybridized carbons (Fsp3) is 0.625. The highest BCUT2D eigenvalue weighted by molar-refractivity contribution is 7.17. The fourth-order valence-electron chi connectivity index (χ4n) is 5.73. The number of unbranched alkanes of at least 4 members (excludes halogenated alkanes) is 1. The molecule has 156 valence electrons. The zero-order chi connectivity index (χ0) is 19.7. The Morgan fingerprint density at radius 2 is 1.69 bits per heavy atom. The Hall–Kier alpha value is -1.59. The lowest BCUT2D eigenvalue weighted by Gasteiger charge is -2.36. The van der Waals surface area contributed by atoms with Crippen LogP contribution < -0.4 is 4.90 Å². The first-order chi connectivity index (χ1) is 14.3. The Balaban J connectivity index is 1.05. The molecular weight excluding hydrogens is 378 g/mol. The van der Waals surface area contributed by atoms with Gasteiger partial charge in [0.2, 0.25) is 5.91 Å². The maximum Gasteiger partial charge on any atom is 0.228 e. The highest BCUT2D eigenvalue weighted by Crippen LogP contribution is 2.46. The summed E-state index contributed by atoms with van der Waals surface area (Å²) in [5, 5.41) is 3.60. The van der Waals surface area contributed by atoms with E-state index in [1.807, 2.05) is 11.3 Å². The number of hydrogen-bond donors (Lipinski definition) is 0. The summed E-state index contributed by atoms with van der Waals surface area (Å²) < 4.78 is 1.39. The summed E-state index contributed by atoms with van der Waals surface area (Å²) in [6, 6.07) is 8.95. The smallest absolute Gasteiger partial charge is 0.228 e. The normalized spacial score (nSPS) is 22.4. The monoisotopic (exact) mass is 411 g/mol. The van der Waals surface area contributed by atoms with Gasteiger partial charge in [0.1, 0.15) is 0 Å².